The van der Waals surface area contributed by atoms with Crippen LogP contribution in [0.2, 0.25) is 0 Å². The van der Waals surface area contributed by atoms with Crippen LogP contribution in [0.15, 0.2) is 18.2 Å². The highest BCUT2D eigenvalue weighted by Crippen LogP contribution is 2.32. The summed E-state index contributed by atoms with van der Waals surface area (Å²) in [7, 11) is 4.86. The van der Waals surface area contributed by atoms with Crippen LogP contribution in [-0.4, -0.2) is 43.4 Å². The van der Waals surface area contributed by atoms with Gasteiger partial charge in [-0.25, -0.2) is 0 Å². The molecule has 2 N–H and O–H groups in total. The molecule has 0 heterocycles. The minimum atomic E-state index is -0.478. The third-order valence-corrected chi connectivity index (χ3v) is 2.42. The predicted octanol–water partition coefficient (Wildman–Crippen LogP) is 1.14. The van der Waals surface area contributed by atoms with Gasteiger partial charge >= 0.3 is 5.69 Å². The second-order valence-corrected chi connectivity index (χ2v) is 3.85. The van der Waals surface area contributed by atoms with Gasteiger partial charge in [0.05, 0.1) is 11.5 Å². The molecule has 7 heteroatoms. The zero-order valence-corrected chi connectivity index (χ0v) is 10.6. The number of hydrogen-bond donors (Lipinski definition) is 2. The largest absolute Gasteiger partial charge is 0.382 e. The number of hydrogen-bond acceptors (Lipinski definition) is 5. The summed E-state index contributed by atoms with van der Waals surface area (Å²) in [4.78, 5) is 23.4. The van der Waals surface area contributed by atoms with Crippen LogP contribution in [0.3, 0.4) is 0 Å². The average molecular weight is 252 g/mol. The second-order valence-electron chi connectivity index (χ2n) is 3.85. The van der Waals surface area contributed by atoms with Gasteiger partial charge in [0.25, 0.3) is 0 Å². The van der Waals surface area contributed by atoms with E-state index in [1.54, 1.807) is 39.3 Å². The maximum atomic E-state index is 11.4. The van der Waals surface area contributed by atoms with Crippen molar-refractivity contribution in [1.82, 2.24) is 4.90 Å². The van der Waals surface area contributed by atoms with E-state index < -0.39 is 4.92 Å². The average Bonchev–Trinajstić information content (AvgIpc) is 2.34. The maximum absolute atomic E-state index is 11.4. The third-order valence-electron chi connectivity index (χ3n) is 2.42. The van der Waals surface area contributed by atoms with Crippen molar-refractivity contribution in [2.45, 2.75) is 0 Å². The van der Waals surface area contributed by atoms with Gasteiger partial charge in [0, 0.05) is 21.1 Å². The summed E-state index contributed by atoms with van der Waals surface area (Å²) in [5.74, 6) is -0.154. The lowest BCUT2D eigenvalue weighted by Crippen LogP contribution is -2.28. The van der Waals surface area contributed by atoms with Crippen LogP contribution in [0.4, 0.5) is 17.1 Å². The molecule has 0 radical (unpaired) electrons. The van der Waals surface area contributed by atoms with Crippen LogP contribution < -0.4 is 10.6 Å². The lowest BCUT2D eigenvalue weighted by atomic mass is 10.2. The molecule has 1 aromatic rings. The number of nitro benzene ring substituents is 1. The number of nitrogens with zero attached hydrogens (tertiary/aromatic N) is 2. The van der Waals surface area contributed by atoms with Gasteiger partial charge in [-0.15, -0.1) is 0 Å². The highest BCUT2D eigenvalue weighted by molar-refractivity contribution is 5.83. The highest BCUT2D eigenvalue weighted by Gasteiger charge is 2.19. The molecule has 0 fully saturated rings. The van der Waals surface area contributed by atoms with Gasteiger partial charge in [0.15, 0.2) is 0 Å². The number of amides is 1. The number of rotatable bonds is 5. The van der Waals surface area contributed by atoms with Crippen molar-refractivity contribution in [3.8, 4) is 0 Å². The fourth-order valence-electron chi connectivity index (χ4n) is 1.41. The van der Waals surface area contributed by atoms with Crippen LogP contribution in [-0.2, 0) is 4.79 Å². The van der Waals surface area contributed by atoms with Gasteiger partial charge in [-0.2, -0.15) is 0 Å². The Kier molecular flexibility index (Phi) is 4.47. The monoisotopic (exact) mass is 252 g/mol. The molecular formula is C11H16N4O3. The first kappa shape index (κ1) is 13.8. The molecule has 0 aliphatic carbocycles. The molecule has 98 valence electrons. The molecule has 1 amide bonds. The first-order valence-electron chi connectivity index (χ1n) is 5.36. The van der Waals surface area contributed by atoms with Crippen molar-refractivity contribution in [3.63, 3.8) is 0 Å². The minimum Gasteiger partial charge on any atom is -0.382 e. The molecule has 1 rings (SSSR count). The number of carbonyl (C=O) groups excluding carboxylic acids is 1. The summed E-state index contributed by atoms with van der Waals surface area (Å²) in [6.45, 7) is 0.0149. The zero-order chi connectivity index (χ0) is 13.7. The van der Waals surface area contributed by atoms with Crippen LogP contribution in [0, 0.1) is 10.1 Å². The van der Waals surface area contributed by atoms with Crippen LogP contribution in [0.5, 0.6) is 0 Å². The summed E-state index contributed by atoms with van der Waals surface area (Å²) in [6, 6.07) is 4.86. The van der Waals surface area contributed by atoms with E-state index in [2.05, 4.69) is 10.6 Å². The van der Waals surface area contributed by atoms with Gasteiger partial charge in [-0.3, -0.25) is 14.9 Å². The minimum absolute atomic E-state index is 0.0149. The standard InChI is InChI=1S/C11H16N4O3/c1-12-8-5-4-6-9(11(8)15(17)18)13-7-10(16)14(2)3/h4-6,12-13H,7H2,1-3H3. The van der Waals surface area contributed by atoms with E-state index in [1.807, 2.05) is 0 Å². The molecule has 0 aliphatic rings. The molecule has 0 saturated carbocycles. The van der Waals surface area contributed by atoms with Gasteiger partial charge in [0.1, 0.15) is 11.4 Å². The Morgan fingerprint density at radius 2 is 2.00 bits per heavy atom. The van der Waals surface area contributed by atoms with Crippen molar-refractivity contribution in [2.75, 3.05) is 38.3 Å². The molecule has 0 spiro atoms. The van der Waals surface area contributed by atoms with Crippen LogP contribution >= 0.6 is 0 Å². The number of nitrogens with one attached hydrogen (secondary N) is 2. The highest BCUT2D eigenvalue weighted by atomic mass is 16.6. The molecular weight excluding hydrogens is 236 g/mol. The summed E-state index contributed by atoms with van der Waals surface area (Å²) in [5.41, 5.74) is 0.663. The van der Waals surface area contributed by atoms with Crippen LogP contribution in [0.25, 0.3) is 0 Å². The fraction of sp³-hybridized carbons (Fsp3) is 0.364. The summed E-state index contributed by atoms with van der Waals surface area (Å²) >= 11 is 0. The Balaban J connectivity index is 2.95. The number of likely N-dealkylation sites (N-methyl/N-ethyl adjacent to an activating group) is 1. The Hall–Kier alpha value is -2.31. The molecule has 0 saturated heterocycles. The smallest absolute Gasteiger partial charge is 0.315 e. The topological polar surface area (TPSA) is 87.5 Å². The summed E-state index contributed by atoms with van der Waals surface area (Å²) in [6.07, 6.45) is 0. The second kappa shape index (κ2) is 5.85. The normalized spacial score (nSPS) is 9.72. The van der Waals surface area contributed by atoms with Gasteiger partial charge in [0.2, 0.25) is 5.91 Å². The Labute approximate surface area is 105 Å². The van der Waals surface area contributed by atoms with E-state index in [0.717, 1.165) is 0 Å². The van der Waals surface area contributed by atoms with Gasteiger partial charge < -0.3 is 15.5 Å². The first-order chi connectivity index (χ1) is 8.47. The van der Waals surface area contributed by atoms with Crippen molar-refractivity contribution in [2.24, 2.45) is 0 Å². The maximum Gasteiger partial charge on any atom is 0.315 e. The Morgan fingerprint density at radius 3 is 2.50 bits per heavy atom. The Bertz CT molecular complexity index is 460. The van der Waals surface area contributed by atoms with E-state index in [0.29, 0.717) is 11.4 Å². The number of carbonyl (C=O) groups is 1. The summed E-state index contributed by atoms with van der Waals surface area (Å²) in [5, 5.41) is 16.5. The number of nitro groups is 1. The number of anilines is 2. The molecule has 0 aliphatic heterocycles. The van der Waals surface area contributed by atoms with E-state index in [4.69, 9.17) is 0 Å². The molecule has 0 aromatic heterocycles. The molecule has 0 bridgehead atoms. The van der Waals surface area contributed by atoms with Gasteiger partial charge in [-0.1, -0.05) is 6.07 Å². The molecule has 7 nitrogen and oxygen atoms in total. The van der Waals surface area contributed by atoms with Crippen molar-refractivity contribution in [1.29, 1.82) is 0 Å². The molecule has 0 unspecified atom stereocenters. The number of para-hydroxylation sites is 1. The predicted molar refractivity (Wildman–Crippen MR) is 69.8 cm³/mol. The van der Waals surface area contributed by atoms with Crippen molar-refractivity contribution < 1.29 is 9.72 Å². The Morgan fingerprint density at radius 1 is 1.39 bits per heavy atom. The lowest BCUT2D eigenvalue weighted by Gasteiger charge is -2.12. The van der Waals surface area contributed by atoms with E-state index in [-0.39, 0.29) is 18.1 Å². The quantitative estimate of drug-likeness (QED) is 0.606. The SMILES string of the molecule is CNc1cccc(NCC(=O)N(C)C)c1[N+](=O)[O-]. The van der Waals surface area contributed by atoms with Crippen molar-refractivity contribution in [3.05, 3.63) is 28.3 Å². The van der Waals surface area contributed by atoms with Gasteiger partial charge in [-0.05, 0) is 12.1 Å². The van der Waals surface area contributed by atoms with Crippen LogP contribution in [0.1, 0.15) is 0 Å². The lowest BCUT2D eigenvalue weighted by molar-refractivity contribution is -0.383. The first-order valence-corrected chi connectivity index (χ1v) is 5.36. The molecule has 1 aromatic carbocycles. The fourth-order valence-corrected chi connectivity index (χ4v) is 1.41. The van der Waals surface area contributed by atoms with E-state index in [9.17, 15) is 14.9 Å². The number of benzene rings is 1. The molecule has 18 heavy (non-hydrogen) atoms. The molecule has 0 atom stereocenters. The van der Waals surface area contributed by atoms with E-state index >= 15 is 0 Å². The summed E-state index contributed by atoms with van der Waals surface area (Å²) < 4.78 is 0. The third kappa shape index (κ3) is 3.09. The van der Waals surface area contributed by atoms with E-state index in [1.165, 1.54) is 4.90 Å². The zero-order valence-electron chi connectivity index (χ0n) is 10.6. The van der Waals surface area contributed by atoms with Crippen molar-refractivity contribution >= 4 is 23.0 Å².